The zero-order chi connectivity index (χ0) is 11.4. The Labute approximate surface area is 97.8 Å². The lowest BCUT2D eigenvalue weighted by molar-refractivity contribution is 0.126. The predicted octanol–water partition coefficient (Wildman–Crippen LogP) is 1.26. The summed E-state index contributed by atoms with van der Waals surface area (Å²) in [5.41, 5.74) is 5.65. The predicted molar refractivity (Wildman–Crippen MR) is 64.2 cm³/mol. The van der Waals surface area contributed by atoms with Gasteiger partial charge in [-0.3, -0.25) is 0 Å². The van der Waals surface area contributed by atoms with E-state index in [1.54, 1.807) is 0 Å². The second-order valence-electron chi connectivity index (χ2n) is 5.00. The van der Waals surface area contributed by atoms with E-state index in [1.165, 1.54) is 19.3 Å². The number of amides is 2. The average molecular weight is 225 g/mol. The summed E-state index contributed by atoms with van der Waals surface area (Å²) < 4.78 is 0. The van der Waals surface area contributed by atoms with E-state index in [9.17, 15) is 4.79 Å². The molecule has 2 amide bonds. The van der Waals surface area contributed by atoms with Crippen molar-refractivity contribution in [2.45, 2.75) is 32.1 Å². The van der Waals surface area contributed by atoms with Crippen molar-refractivity contribution in [2.24, 2.45) is 11.7 Å². The number of nitrogens with two attached hydrogens (primary N) is 1. The van der Waals surface area contributed by atoms with Crippen LogP contribution in [0.15, 0.2) is 0 Å². The van der Waals surface area contributed by atoms with Gasteiger partial charge in [0.15, 0.2) is 0 Å². The van der Waals surface area contributed by atoms with Gasteiger partial charge < -0.3 is 15.5 Å². The standard InChI is InChI=1S/C12H23N3O/c13-10-11-4-8-15(9-5-11)12(16)14-6-2-1-3-7-14/h11H,1-10,13H2. The van der Waals surface area contributed by atoms with Crippen LogP contribution in [0.3, 0.4) is 0 Å². The Balaban J connectivity index is 1.81. The van der Waals surface area contributed by atoms with E-state index >= 15 is 0 Å². The highest BCUT2D eigenvalue weighted by molar-refractivity contribution is 5.74. The Kier molecular flexibility index (Phi) is 4.04. The first-order valence-electron chi connectivity index (χ1n) is 6.55. The minimum absolute atomic E-state index is 0.259. The fraction of sp³-hybridized carbons (Fsp3) is 0.917. The van der Waals surface area contributed by atoms with Crippen molar-refractivity contribution in [3.63, 3.8) is 0 Å². The third kappa shape index (κ3) is 2.67. The summed E-state index contributed by atoms with van der Waals surface area (Å²) in [6.45, 7) is 4.48. The van der Waals surface area contributed by atoms with E-state index in [4.69, 9.17) is 5.73 Å². The van der Waals surface area contributed by atoms with Crippen molar-refractivity contribution in [2.75, 3.05) is 32.7 Å². The molecule has 0 spiro atoms. The van der Waals surface area contributed by atoms with Gasteiger partial charge in [0, 0.05) is 26.2 Å². The molecule has 0 aromatic rings. The molecule has 4 nitrogen and oxygen atoms in total. The average Bonchev–Trinajstić information content (AvgIpc) is 2.39. The Morgan fingerprint density at radius 1 is 1.00 bits per heavy atom. The molecule has 0 atom stereocenters. The number of carbonyl (C=O) groups excluding carboxylic acids is 1. The normalized spacial score (nSPS) is 23.6. The molecule has 2 rings (SSSR count). The largest absolute Gasteiger partial charge is 0.330 e. The van der Waals surface area contributed by atoms with Crippen molar-refractivity contribution >= 4 is 6.03 Å². The molecular formula is C12H23N3O. The third-order valence-corrected chi connectivity index (χ3v) is 3.84. The molecule has 92 valence electrons. The van der Waals surface area contributed by atoms with Gasteiger partial charge in [-0.25, -0.2) is 4.79 Å². The summed E-state index contributed by atoms with van der Waals surface area (Å²) in [6, 6.07) is 0.259. The van der Waals surface area contributed by atoms with E-state index in [0.29, 0.717) is 5.92 Å². The minimum Gasteiger partial charge on any atom is -0.330 e. The summed E-state index contributed by atoms with van der Waals surface area (Å²) in [7, 11) is 0. The fourth-order valence-electron chi connectivity index (χ4n) is 2.65. The fourth-order valence-corrected chi connectivity index (χ4v) is 2.65. The van der Waals surface area contributed by atoms with Crippen molar-refractivity contribution in [1.29, 1.82) is 0 Å². The third-order valence-electron chi connectivity index (χ3n) is 3.84. The number of hydrogen-bond acceptors (Lipinski definition) is 2. The van der Waals surface area contributed by atoms with E-state index in [-0.39, 0.29) is 6.03 Å². The van der Waals surface area contributed by atoms with Gasteiger partial charge in [0.2, 0.25) is 0 Å². The number of rotatable bonds is 1. The molecule has 2 aliphatic rings. The summed E-state index contributed by atoms with van der Waals surface area (Å²) in [4.78, 5) is 16.2. The van der Waals surface area contributed by atoms with Crippen LogP contribution >= 0.6 is 0 Å². The lowest BCUT2D eigenvalue weighted by Crippen LogP contribution is -2.48. The van der Waals surface area contributed by atoms with E-state index in [0.717, 1.165) is 45.6 Å². The van der Waals surface area contributed by atoms with Crippen LogP contribution in [-0.4, -0.2) is 48.6 Å². The molecule has 2 heterocycles. The number of nitrogens with zero attached hydrogens (tertiary/aromatic N) is 2. The molecule has 2 aliphatic heterocycles. The second kappa shape index (κ2) is 5.53. The molecule has 2 saturated heterocycles. The highest BCUT2D eigenvalue weighted by Gasteiger charge is 2.26. The number of likely N-dealkylation sites (tertiary alicyclic amines) is 2. The van der Waals surface area contributed by atoms with Crippen LogP contribution in [0.4, 0.5) is 4.79 Å². The first kappa shape index (κ1) is 11.7. The van der Waals surface area contributed by atoms with Crippen LogP contribution in [0, 0.1) is 5.92 Å². The second-order valence-corrected chi connectivity index (χ2v) is 5.00. The molecule has 0 bridgehead atoms. The Bertz CT molecular complexity index is 230. The number of carbonyl (C=O) groups is 1. The molecule has 0 aromatic heterocycles. The van der Waals surface area contributed by atoms with Crippen molar-refractivity contribution in [3.05, 3.63) is 0 Å². The summed E-state index contributed by atoms with van der Waals surface area (Å²) in [5, 5.41) is 0. The number of urea groups is 1. The monoisotopic (exact) mass is 225 g/mol. The van der Waals surface area contributed by atoms with Gasteiger partial charge in [-0.2, -0.15) is 0 Å². The van der Waals surface area contributed by atoms with Crippen LogP contribution in [0.25, 0.3) is 0 Å². The van der Waals surface area contributed by atoms with Crippen LogP contribution in [0.1, 0.15) is 32.1 Å². The molecule has 0 radical (unpaired) electrons. The van der Waals surface area contributed by atoms with Crippen LogP contribution in [-0.2, 0) is 0 Å². The summed E-state index contributed by atoms with van der Waals surface area (Å²) in [5.74, 6) is 0.630. The summed E-state index contributed by atoms with van der Waals surface area (Å²) in [6.07, 6.45) is 5.78. The van der Waals surface area contributed by atoms with Crippen LogP contribution in [0.2, 0.25) is 0 Å². The van der Waals surface area contributed by atoms with Crippen molar-refractivity contribution in [3.8, 4) is 0 Å². The maximum Gasteiger partial charge on any atom is 0.319 e. The maximum absolute atomic E-state index is 12.2. The van der Waals surface area contributed by atoms with E-state index in [1.807, 2.05) is 9.80 Å². The maximum atomic E-state index is 12.2. The van der Waals surface area contributed by atoms with Crippen molar-refractivity contribution in [1.82, 2.24) is 9.80 Å². The van der Waals surface area contributed by atoms with Crippen LogP contribution in [0.5, 0.6) is 0 Å². The highest BCUT2D eigenvalue weighted by Crippen LogP contribution is 2.18. The SMILES string of the molecule is NCC1CCN(C(=O)N2CCCCC2)CC1. The molecule has 2 N–H and O–H groups in total. The van der Waals surface area contributed by atoms with Gasteiger partial charge in [-0.05, 0) is 44.6 Å². The molecule has 16 heavy (non-hydrogen) atoms. The lowest BCUT2D eigenvalue weighted by atomic mass is 9.97. The molecule has 0 aromatic carbocycles. The Morgan fingerprint density at radius 2 is 1.56 bits per heavy atom. The smallest absolute Gasteiger partial charge is 0.319 e. The zero-order valence-corrected chi connectivity index (χ0v) is 10.0. The van der Waals surface area contributed by atoms with Crippen LogP contribution < -0.4 is 5.73 Å². The van der Waals surface area contributed by atoms with Gasteiger partial charge in [-0.1, -0.05) is 0 Å². The Hall–Kier alpha value is -0.770. The highest BCUT2D eigenvalue weighted by atomic mass is 16.2. The van der Waals surface area contributed by atoms with Gasteiger partial charge in [-0.15, -0.1) is 0 Å². The van der Waals surface area contributed by atoms with E-state index in [2.05, 4.69) is 0 Å². The molecule has 0 saturated carbocycles. The molecule has 4 heteroatoms. The number of hydrogen-bond donors (Lipinski definition) is 1. The molecule has 0 unspecified atom stereocenters. The zero-order valence-electron chi connectivity index (χ0n) is 10.0. The molecule has 0 aliphatic carbocycles. The first-order chi connectivity index (χ1) is 7.81. The van der Waals surface area contributed by atoms with Gasteiger partial charge in [0.1, 0.15) is 0 Å². The van der Waals surface area contributed by atoms with Crippen molar-refractivity contribution < 1.29 is 4.79 Å². The topological polar surface area (TPSA) is 49.6 Å². The molecular weight excluding hydrogens is 202 g/mol. The van der Waals surface area contributed by atoms with Gasteiger partial charge >= 0.3 is 6.03 Å². The molecule has 2 fully saturated rings. The minimum atomic E-state index is 0.259. The summed E-state index contributed by atoms with van der Waals surface area (Å²) >= 11 is 0. The quantitative estimate of drug-likeness (QED) is 0.730. The van der Waals surface area contributed by atoms with Gasteiger partial charge in [0.25, 0.3) is 0 Å². The Morgan fingerprint density at radius 3 is 2.12 bits per heavy atom. The van der Waals surface area contributed by atoms with Gasteiger partial charge in [0.05, 0.1) is 0 Å². The first-order valence-corrected chi connectivity index (χ1v) is 6.55. The van der Waals surface area contributed by atoms with E-state index < -0.39 is 0 Å². The lowest BCUT2D eigenvalue weighted by Gasteiger charge is -2.36. The number of piperidine rings is 2.